The molecule has 0 aliphatic heterocycles. The van der Waals surface area contributed by atoms with Crippen molar-refractivity contribution < 1.29 is 22.7 Å². The second-order valence-corrected chi connectivity index (χ2v) is 3.40. The van der Waals surface area contributed by atoms with Gasteiger partial charge in [-0.2, -0.15) is 13.2 Å². The number of anilines is 1. The highest BCUT2D eigenvalue weighted by Crippen LogP contribution is 2.27. The Labute approximate surface area is 102 Å². The van der Waals surface area contributed by atoms with Gasteiger partial charge in [0.1, 0.15) is 12.2 Å². The Bertz CT molecular complexity index is 423. The quantitative estimate of drug-likeness (QED) is 0.770. The molecule has 0 aliphatic carbocycles. The van der Waals surface area contributed by atoms with Gasteiger partial charge in [0.2, 0.25) is 5.95 Å². The lowest BCUT2D eigenvalue weighted by molar-refractivity contribution is -0.141. The average molecular weight is 263 g/mol. The topological polar surface area (TPSA) is 55.3 Å². The summed E-state index contributed by atoms with van der Waals surface area (Å²) in [5.74, 6) is -0.737. The van der Waals surface area contributed by atoms with Crippen LogP contribution in [0.3, 0.4) is 0 Å². The van der Waals surface area contributed by atoms with E-state index in [1.807, 2.05) is 0 Å². The van der Waals surface area contributed by atoms with E-state index in [1.165, 1.54) is 11.9 Å². The third-order valence-corrected chi connectivity index (χ3v) is 1.95. The smallest absolute Gasteiger partial charge is 0.433 e. The van der Waals surface area contributed by atoms with Crippen molar-refractivity contribution >= 4 is 11.9 Å². The van der Waals surface area contributed by atoms with Gasteiger partial charge in [0.05, 0.1) is 6.61 Å². The van der Waals surface area contributed by atoms with Gasteiger partial charge in [0.25, 0.3) is 0 Å². The van der Waals surface area contributed by atoms with Gasteiger partial charge >= 0.3 is 12.1 Å². The number of alkyl halides is 3. The summed E-state index contributed by atoms with van der Waals surface area (Å²) >= 11 is 0. The molecule has 0 fully saturated rings. The van der Waals surface area contributed by atoms with Crippen LogP contribution in [0.4, 0.5) is 19.1 Å². The van der Waals surface area contributed by atoms with E-state index < -0.39 is 17.8 Å². The van der Waals surface area contributed by atoms with Crippen molar-refractivity contribution in [3.05, 3.63) is 18.0 Å². The molecule has 0 aliphatic rings. The summed E-state index contributed by atoms with van der Waals surface area (Å²) in [6.07, 6.45) is -3.55. The van der Waals surface area contributed by atoms with Crippen molar-refractivity contribution in [1.82, 2.24) is 9.97 Å². The zero-order chi connectivity index (χ0) is 13.8. The predicted octanol–water partition coefficient (Wildman–Crippen LogP) is 1.49. The number of ether oxygens (including phenoxy) is 1. The van der Waals surface area contributed by atoms with Crippen molar-refractivity contribution in [2.45, 2.75) is 13.1 Å². The highest BCUT2D eigenvalue weighted by Gasteiger charge is 2.33. The van der Waals surface area contributed by atoms with Gasteiger partial charge in [-0.3, -0.25) is 4.79 Å². The standard InChI is InChI=1S/C10H12F3N3O2/c1-3-18-8(17)6-16(2)9-14-5-4-7(15-9)10(11,12)13/h4-5H,3,6H2,1-2H3. The molecule has 1 aromatic rings. The fourth-order valence-electron chi connectivity index (χ4n) is 1.16. The van der Waals surface area contributed by atoms with E-state index in [1.54, 1.807) is 6.92 Å². The van der Waals surface area contributed by atoms with Crippen LogP contribution in [0.1, 0.15) is 12.6 Å². The molecule has 8 heteroatoms. The van der Waals surface area contributed by atoms with Crippen LogP contribution in [0.5, 0.6) is 0 Å². The highest BCUT2D eigenvalue weighted by atomic mass is 19.4. The summed E-state index contributed by atoms with van der Waals surface area (Å²) in [6, 6.07) is 0.766. The summed E-state index contributed by atoms with van der Waals surface area (Å²) in [4.78, 5) is 19.4. The Morgan fingerprint density at radius 3 is 2.72 bits per heavy atom. The van der Waals surface area contributed by atoms with Gasteiger partial charge in [0.15, 0.2) is 0 Å². The van der Waals surface area contributed by atoms with Crippen LogP contribution in [0, 0.1) is 0 Å². The third kappa shape index (κ3) is 3.86. The van der Waals surface area contributed by atoms with E-state index in [0.717, 1.165) is 12.3 Å². The van der Waals surface area contributed by atoms with E-state index in [2.05, 4.69) is 14.7 Å². The van der Waals surface area contributed by atoms with Crippen LogP contribution < -0.4 is 4.90 Å². The molecule has 0 amide bonds. The number of nitrogens with zero attached hydrogens (tertiary/aromatic N) is 3. The molecule has 0 bridgehead atoms. The number of carbonyl (C=O) groups excluding carboxylic acids is 1. The first-order valence-electron chi connectivity index (χ1n) is 5.11. The maximum absolute atomic E-state index is 12.4. The first-order valence-corrected chi connectivity index (χ1v) is 5.11. The number of hydrogen-bond donors (Lipinski definition) is 0. The lowest BCUT2D eigenvalue weighted by atomic mass is 10.4. The third-order valence-electron chi connectivity index (χ3n) is 1.95. The molecule has 1 aromatic heterocycles. The molecule has 5 nitrogen and oxygen atoms in total. The fraction of sp³-hybridized carbons (Fsp3) is 0.500. The van der Waals surface area contributed by atoms with Gasteiger partial charge in [-0.05, 0) is 13.0 Å². The Balaban J connectivity index is 2.80. The Morgan fingerprint density at radius 1 is 1.50 bits per heavy atom. The van der Waals surface area contributed by atoms with E-state index in [-0.39, 0.29) is 19.1 Å². The minimum Gasteiger partial charge on any atom is -0.465 e. The molecule has 0 spiro atoms. The normalized spacial score (nSPS) is 11.2. The second-order valence-electron chi connectivity index (χ2n) is 3.40. The summed E-state index contributed by atoms with van der Waals surface area (Å²) < 4.78 is 41.9. The van der Waals surface area contributed by atoms with Crippen molar-refractivity contribution in [3.8, 4) is 0 Å². The second kappa shape index (κ2) is 5.65. The molecule has 0 N–H and O–H groups in total. The Kier molecular flexibility index (Phi) is 4.46. The van der Waals surface area contributed by atoms with Crippen LogP contribution >= 0.6 is 0 Å². The summed E-state index contributed by atoms with van der Waals surface area (Å²) in [5, 5.41) is 0. The van der Waals surface area contributed by atoms with Crippen LogP contribution in [-0.4, -0.2) is 36.1 Å². The van der Waals surface area contributed by atoms with Gasteiger partial charge in [0, 0.05) is 13.2 Å². The summed E-state index contributed by atoms with van der Waals surface area (Å²) in [7, 11) is 1.41. The van der Waals surface area contributed by atoms with Gasteiger partial charge in [-0.15, -0.1) is 0 Å². The van der Waals surface area contributed by atoms with Crippen molar-refractivity contribution in [3.63, 3.8) is 0 Å². The maximum atomic E-state index is 12.4. The summed E-state index contributed by atoms with van der Waals surface area (Å²) in [5.41, 5.74) is -1.05. The van der Waals surface area contributed by atoms with E-state index >= 15 is 0 Å². The SMILES string of the molecule is CCOC(=O)CN(C)c1nccc(C(F)(F)F)n1. The molecule has 100 valence electrons. The van der Waals surface area contributed by atoms with Crippen LogP contribution in [-0.2, 0) is 15.7 Å². The molecule has 1 heterocycles. The number of likely N-dealkylation sites (N-methyl/N-ethyl adjacent to an activating group) is 1. The van der Waals surface area contributed by atoms with E-state index in [4.69, 9.17) is 0 Å². The molecule has 1 rings (SSSR count). The van der Waals surface area contributed by atoms with Crippen LogP contribution in [0.2, 0.25) is 0 Å². The van der Waals surface area contributed by atoms with E-state index in [9.17, 15) is 18.0 Å². The molecule has 0 radical (unpaired) electrons. The molecule has 0 saturated heterocycles. The number of hydrogen-bond acceptors (Lipinski definition) is 5. The highest BCUT2D eigenvalue weighted by molar-refractivity contribution is 5.74. The Hall–Kier alpha value is -1.86. The molecular formula is C10H12F3N3O2. The number of aromatic nitrogens is 2. The zero-order valence-electron chi connectivity index (χ0n) is 9.86. The average Bonchev–Trinajstić information content (AvgIpc) is 2.28. The molecule has 0 saturated carbocycles. The number of halogens is 3. The first kappa shape index (κ1) is 14.2. The van der Waals surface area contributed by atoms with Gasteiger partial charge in [-0.25, -0.2) is 9.97 Å². The monoisotopic (exact) mass is 263 g/mol. The number of carbonyl (C=O) groups is 1. The molecular weight excluding hydrogens is 251 g/mol. The van der Waals surface area contributed by atoms with Crippen LogP contribution in [0.15, 0.2) is 12.3 Å². The maximum Gasteiger partial charge on any atom is 0.433 e. The van der Waals surface area contributed by atoms with Gasteiger partial charge < -0.3 is 9.64 Å². The van der Waals surface area contributed by atoms with Crippen molar-refractivity contribution in [2.24, 2.45) is 0 Å². The predicted molar refractivity (Wildman–Crippen MR) is 56.9 cm³/mol. The molecule has 0 aromatic carbocycles. The molecule has 0 atom stereocenters. The lowest BCUT2D eigenvalue weighted by Gasteiger charge is -2.16. The number of esters is 1. The zero-order valence-corrected chi connectivity index (χ0v) is 9.86. The van der Waals surface area contributed by atoms with Crippen molar-refractivity contribution in [1.29, 1.82) is 0 Å². The lowest BCUT2D eigenvalue weighted by Crippen LogP contribution is -2.29. The van der Waals surface area contributed by atoms with Gasteiger partial charge in [-0.1, -0.05) is 0 Å². The minimum atomic E-state index is -4.54. The fourth-order valence-corrected chi connectivity index (χ4v) is 1.16. The van der Waals surface area contributed by atoms with Crippen LogP contribution in [0.25, 0.3) is 0 Å². The van der Waals surface area contributed by atoms with Crippen molar-refractivity contribution in [2.75, 3.05) is 25.1 Å². The number of rotatable bonds is 4. The molecule has 0 unspecified atom stereocenters. The molecule has 18 heavy (non-hydrogen) atoms. The van der Waals surface area contributed by atoms with E-state index in [0.29, 0.717) is 0 Å². The minimum absolute atomic E-state index is 0.183. The first-order chi connectivity index (χ1) is 8.34. The largest absolute Gasteiger partial charge is 0.465 e. The Morgan fingerprint density at radius 2 is 2.17 bits per heavy atom. The summed E-state index contributed by atoms with van der Waals surface area (Å²) in [6.45, 7) is 1.63.